The van der Waals surface area contributed by atoms with Gasteiger partial charge in [0.05, 0.1) is 22.5 Å². The predicted octanol–water partition coefficient (Wildman–Crippen LogP) is 4.69. The number of nitrogens with one attached hydrogen (secondary N) is 3. The van der Waals surface area contributed by atoms with Crippen molar-refractivity contribution in [2.24, 2.45) is 5.10 Å². The molecule has 10 heteroatoms. The Morgan fingerprint density at radius 2 is 1.91 bits per heavy atom. The number of hydrogen-bond donors (Lipinski definition) is 3. The first-order chi connectivity index (χ1) is 15.8. The molecule has 3 amide bonds. The lowest BCUT2D eigenvalue weighted by atomic mass is 9.83. The SMILES string of the molecule is C=C1CCN(C(=O)Nc2cc(Cl)ccc2F)C(C)(C)CNN=C1NC(=O)C1(S(C)(C)C)CCC1. The Kier molecular flexibility index (Phi) is 7.57. The number of carbonyl (C=O) groups excluding carboxylic acids is 2. The fourth-order valence-electron chi connectivity index (χ4n) is 4.26. The summed E-state index contributed by atoms with van der Waals surface area (Å²) in [5.41, 5.74) is 2.97. The molecule has 1 aromatic rings. The smallest absolute Gasteiger partial charge is 0.317 e. The van der Waals surface area contributed by atoms with Crippen LogP contribution in [-0.4, -0.2) is 64.8 Å². The zero-order valence-corrected chi connectivity index (χ0v) is 22.1. The summed E-state index contributed by atoms with van der Waals surface area (Å²) in [7, 11) is -1.11. The number of urea groups is 1. The van der Waals surface area contributed by atoms with E-state index in [0.29, 0.717) is 35.9 Å². The normalized spacial score (nSPS) is 20.5. The third-order valence-electron chi connectivity index (χ3n) is 6.80. The quantitative estimate of drug-likeness (QED) is 0.550. The van der Waals surface area contributed by atoms with Gasteiger partial charge >= 0.3 is 6.03 Å². The Labute approximate surface area is 207 Å². The number of carbonyl (C=O) groups is 2. The third-order valence-corrected chi connectivity index (χ3v) is 9.97. The molecule has 1 saturated carbocycles. The highest BCUT2D eigenvalue weighted by Gasteiger charge is 2.50. The molecule has 1 aliphatic heterocycles. The van der Waals surface area contributed by atoms with Crippen LogP contribution in [0.15, 0.2) is 35.5 Å². The zero-order chi connectivity index (χ0) is 25.3. The van der Waals surface area contributed by atoms with Crippen molar-refractivity contribution >= 4 is 45.1 Å². The largest absolute Gasteiger partial charge is 0.322 e. The number of hydrazone groups is 1. The fourth-order valence-corrected chi connectivity index (χ4v) is 6.55. The van der Waals surface area contributed by atoms with Crippen LogP contribution in [0.4, 0.5) is 14.9 Å². The maximum Gasteiger partial charge on any atom is 0.322 e. The van der Waals surface area contributed by atoms with E-state index in [-0.39, 0.29) is 16.3 Å². The van der Waals surface area contributed by atoms with Gasteiger partial charge in [-0.15, -0.1) is 0 Å². The van der Waals surface area contributed by atoms with E-state index in [4.69, 9.17) is 11.6 Å². The molecule has 2 aliphatic rings. The molecule has 0 unspecified atom stereocenters. The topological polar surface area (TPSA) is 85.8 Å². The van der Waals surface area contributed by atoms with Crippen LogP contribution < -0.4 is 16.1 Å². The van der Waals surface area contributed by atoms with Crippen LogP contribution in [0.3, 0.4) is 0 Å². The first-order valence-electron chi connectivity index (χ1n) is 11.3. The maximum absolute atomic E-state index is 14.2. The molecule has 1 heterocycles. The van der Waals surface area contributed by atoms with Crippen molar-refractivity contribution in [1.82, 2.24) is 15.6 Å². The van der Waals surface area contributed by atoms with Crippen LogP contribution in [0.5, 0.6) is 0 Å². The van der Waals surface area contributed by atoms with Gasteiger partial charge in [-0.05, 0) is 82.1 Å². The third kappa shape index (κ3) is 5.35. The molecule has 3 N–H and O–H groups in total. The summed E-state index contributed by atoms with van der Waals surface area (Å²) < 4.78 is 13.8. The number of benzene rings is 1. The molecule has 0 aromatic heterocycles. The van der Waals surface area contributed by atoms with E-state index in [0.717, 1.165) is 19.3 Å². The monoisotopic (exact) mass is 511 g/mol. The van der Waals surface area contributed by atoms with E-state index in [2.05, 4.69) is 46.5 Å². The van der Waals surface area contributed by atoms with Crippen LogP contribution in [0.25, 0.3) is 0 Å². The standard InChI is InChI=1S/C24H35ClFN5O2S/c1-16-10-13-31(22(33)28-19-14-17(25)8-9-18(19)26)23(2,3)15-27-30-20(16)29-21(32)24(11-7-12-24)34(4,5)6/h8-9,14,27H,1,7,10-13,15H2,2-6H3,(H,28,33)(H,29,30,32). The van der Waals surface area contributed by atoms with Gasteiger partial charge in [0.1, 0.15) is 5.82 Å². The summed E-state index contributed by atoms with van der Waals surface area (Å²) in [5, 5.41) is 10.4. The van der Waals surface area contributed by atoms with Crippen molar-refractivity contribution < 1.29 is 14.0 Å². The number of amides is 3. The molecule has 1 fully saturated rings. The number of rotatable bonds is 3. The fraction of sp³-hybridized carbons (Fsp3) is 0.542. The molecular weight excluding hydrogens is 477 g/mol. The van der Waals surface area contributed by atoms with E-state index in [1.54, 1.807) is 4.90 Å². The summed E-state index contributed by atoms with van der Waals surface area (Å²) in [5.74, 6) is -0.173. The Morgan fingerprint density at radius 3 is 2.50 bits per heavy atom. The second kappa shape index (κ2) is 9.77. The molecule has 7 nitrogen and oxygen atoms in total. The van der Waals surface area contributed by atoms with Crippen molar-refractivity contribution in [3.05, 3.63) is 41.2 Å². The second-order valence-electron chi connectivity index (χ2n) is 10.3. The zero-order valence-electron chi connectivity index (χ0n) is 20.6. The minimum absolute atomic E-state index is 0.00696. The molecule has 3 rings (SSSR count). The van der Waals surface area contributed by atoms with Crippen molar-refractivity contribution in [1.29, 1.82) is 0 Å². The molecule has 34 heavy (non-hydrogen) atoms. The molecule has 0 radical (unpaired) electrons. The van der Waals surface area contributed by atoms with E-state index >= 15 is 0 Å². The van der Waals surface area contributed by atoms with Crippen LogP contribution in [-0.2, 0) is 4.79 Å². The minimum Gasteiger partial charge on any atom is -0.317 e. The van der Waals surface area contributed by atoms with Gasteiger partial charge < -0.3 is 21.0 Å². The average molecular weight is 512 g/mol. The Morgan fingerprint density at radius 1 is 1.24 bits per heavy atom. The van der Waals surface area contributed by atoms with Gasteiger partial charge in [0.25, 0.3) is 0 Å². The first kappa shape index (κ1) is 26.3. The summed E-state index contributed by atoms with van der Waals surface area (Å²) >= 11 is 5.96. The van der Waals surface area contributed by atoms with Gasteiger partial charge in [-0.1, -0.05) is 18.2 Å². The first-order valence-corrected chi connectivity index (χ1v) is 14.5. The summed E-state index contributed by atoms with van der Waals surface area (Å²) in [4.78, 5) is 28.0. The van der Waals surface area contributed by atoms with E-state index in [1.165, 1.54) is 18.2 Å². The highest BCUT2D eigenvalue weighted by molar-refractivity contribution is 8.33. The molecule has 0 bridgehead atoms. The van der Waals surface area contributed by atoms with Gasteiger partial charge in [0.15, 0.2) is 5.84 Å². The van der Waals surface area contributed by atoms with Crippen LogP contribution in [0.2, 0.25) is 5.02 Å². The number of nitrogens with zero attached hydrogens (tertiary/aromatic N) is 2. The van der Waals surface area contributed by atoms with Crippen molar-refractivity contribution in [2.75, 3.05) is 37.2 Å². The molecular formula is C24H35ClFN5O2S. The van der Waals surface area contributed by atoms with Crippen LogP contribution in [0, 0.1) is 5.82 Å². The van der Waals surface area contributed by atoms with Gasteiger partial charge in [-0.25, -0.2) is 19.2 Å². The molecule has 0 saturated heterocycles. The van der Waals surface area contributed by atoms with Crippen molar-refractivity contribution in [3.8, 4) is 0 Å². The maximum atomic E-state index is 14.2. The number of amidine groups is 1. The summed E-state index contributed by atoms with van der Waals surface area (Å²) in [6.45, 7) is 8.53. The number of anilines is 1. The molecule has 1 aromatic carbocycles. The van der Waals surface area contributed by atoms with E-state index < -0.39 is 27.4 Å². The van der Waals surface area contributed by atoms with E-state index in [1.807, 2.05) is 13.8 Å². The molecule has 1 aliphatic carbocycles. The number of hydrogen-bond acceptors (Lipinski definition) is 4. The second-order valence-corrected chi connectivity index (χ2v) is 15.2. The van der Waals surface area contributed by atoms with Gasteiger partial charge in [0, 0.05) is 11.6 Å². The average Bonchev–Trinajstić information content (AvgIpc) is 2.72. The van der Waals surface area contributed by atoms with Crippen molar-refractivity contribution in [2.45, 2.75) is 49.8 Å². The van der Waals surface area contributed by atoms with Crippen LogP contribution in [0.1, 0.15) is 39.5 Å². The summed E-state index contributed by atoms with van der Waals surface area (Å²) in [6, 6.07) is 3.55. The lowest BCUT2D eigenvalue weighted by molar-refractivity contribution is -0.124. The molecule has 0 atom stereocenters. The van der Waals surface area contributed by atoms with E-state index in [9.17, 15) is 14.0 Å². The van der Waals surface area contributed by atoms with Gasteiger partial charge in [-0.3, -0.25) is 4.79 Å². The predicted molar refractivity (Wildman–Crippen MR) is 140 cm³/mol. The van der Waals surface area contributed by atoms with Crippen LogP contribution >= 0.6 is 21.6 Å². The Bertz CT molecular complexity index is 1020. The number of halogens is 2. The Balaban J connectivity index is 1.75. The van der Waals surface area contributed by atoms with Gasteiger partial charge in [-0.2, -0.15) is 5.10 Å². The summed E-state index contributed by atoms with van der Waals surface area (Å²) in [6.07, 6.45) is 9.72. The highest BCUT2D eigenvalue weighted by atomic mass is 35.5. The lowest BCUT2D eigenvalue weighted by Crippen LogP contribution is -2.55. The van der Waals surface area contributed by atoms with Crippen molar-refractivity contribution in [3.63, 3.8) is 0 Å². The lowest BCUT2D eigenvalue weighted by Gasteiger charge is -2.53. The van der Waals surface area contributed by atoms with Gasteiger partial charge in [0.2, 0.25) is 5.91 Å². The molecule has 0 spiro atoms. The molecule has 188 valence electrons. The Hall–Kier alpha value is -2.26. The highest BCUT2D eigenvalue weighted by Crippen LogP contribution is 2.60. The minimum atomic E-state index is -1.11.